The van der Waals surface area contributed by atoms with Gasteiger partial charge in [-0.3, -0.25) is 4.79 Å². The predicted octanol–water partition coefficient (Wildman–Crippen LogP) is 5.97. The molecule has 0 fully saturated rings. The van der Waals surface area contributed by atoms with E-state index >= 15 is 0 Å². The van der Waals surface area contributed by atoms with Crippen LogP contribution in [0, 0.1) is 0 Å². The minimum atomic E-state index is -3.49. The summed E-state index contributed by atoms with van der Waals surface area (Å²) >= 11 is 0. The summed E-state index contributed by atoms with van der Waals surface area (Å²) in [4.78, 5) is 24.9. The number of ether oxygens (including phenoxy) is 1. The van der Waals surface area contributed by atoms with Crippen LogP contribution in [0.1, 0.15) is 20.3 Å². The number of hydrogen-bond donors (Lipinski definition) is 3. The lowest BCUT2D eigenvalue weighted by molar-refractivity contribution is -0.158. The third kappa shape index (κ3) is 9.39. The first-order chi connectivity index (χ1) is 19.5. The molecule has 1 aromatic heterocycles. The third-order valence-electron chi connectivity index (χ3n) is 6.36. The maximum atomic E-state index is 14.1. The summed E-state index contributed by atoms with van der Waals surface area (Å²) in [5.41, 5.74) is 0.381. The van der Waals surface area contributed by atoms with E-state index in [4.69, 9.17) is 4.74 Å². The first-order valence-corrected chi connectivity index (χ1v) is 16.0. The predicted molar refractivity (Wildman–Crippen MR) is 167 cm³/mol. The first-order valence-electron chi connectivity index (χ1n) is 13.4. The van der Waals surface area contributed by atoms with Crippen molar-refractivity contribution in [2.24, 2.45) is 0 Å². The fourth-order valence-electron chi connectivity index (χ4n) is 4.20. The molecule has 3 N–H and O–H groups in total. The monoisotopic (exact) mass is 603 g/mol. The Labute approximate surface area is 246 Å². The second-order valence-electron chi connectivity index (χ2n) is 11.2. The zero-order valence-electron chi connectivity index (χ0n) is 25.2. The average molecular weight is 604 g/mol. The van der Waals surface area contributed by atoms with Gasteiger partial charge in [0, 0.05) is 44.6 Å². The number of anilines is 5. The molecule has 0 spiro atoms. The van der Waals surface area contributed by atoms with Gasteiger partial charge >= 0.3 is 6.11 Å². The number of amides is 1. The Balaban J connectivity index is 2.00. The molecule has 1 aliphatic rings. The molecule has 1 unspecified atom stereocenters. The molecule has 1 aromatic carbocycles. The van der Waals surface area contributed by atoms with E-state index in [1.807, 2.05) is 49.0 Å². The number of carbonyl (C=O) groups excluding carboxylic acids is 1. The lowest BCUT2D eigenvalue weighted by atomic mass is 9.93. The molecule has 10 nitrogen and oxygen atoms in total. The molecule has 1 aliphatic carbocycles. The van der Waals surface area contributed by atoms with E-state index in [1.54, 1.807) is 26.4 Å². The first kappa shape index (κ1) is 32.8. The SMILES string of the molecule is C=CC(=O)Nc1cc(Nc2nccc(NC3(C)C=C(P(C)(C)=O)C=CC3)n2)c(OC(C)(F)F)cc1N(C)CCN(C)C. The Hall–Kier alpha value is -3.76. The van der Waals surface area contributed by atoms with Crippen molar-refractivity contribution in [2.45, 2.75) is 31.9 Å². The van der Waals surface area contributed by atoms with Crippen molar-refractivity contribution in [3.63, 3.8) is 0 Å². The minimum absolute atomic E-state index is 0.106. The van der Waals surface area contributed by atoms with Crippen LogP contribution in [-0.4, -0.2) is 80.0 Å². The topological polar surface area (TPSA) is 112 Å². The van der Waals surface area contributed by atoms with E-state index in [1.165, 1.54) is 18.3 Å². The van der Waals surface area contributed by atoms with Crippen molar-refractivity contribution in [3.8, 4) is 5.75 Å². The van der Waals surface area contributed by atoms with E-state index in [9.17, 15) is 18.1 Å². The normalized spacial score (nSPS) is 17.0. The summed E-state index contributed by atoms with van der Waals surface area (Å²) in [6.45, 7) is 10.8. The van der Waals surface area contributed by atoms with Gasteiger partial charge in [-0.25, -0.2) is 4.98 Å². The van der Waals surface area contributed by atoms with Gasteiger partial charge in [0.1, 0.15) is 13.0 Å². The van der Waals surface area contributed by atoms with Crippen molar-refractivity contribution in [3.05, 3.63) is 60.6 Å². The van der Waals surface area contributed by atoms with Gasteiger partial charge in [-0.1, -0.05) is 18.7 Å². The average Bonchev–Trinajstić information content (AvgIpc) is 2.87. The second-order valence-corrected chi connectivity index (χ2v) is 14.4. The highest BCUT2D eigenvalue weighted by atomic mass is 31.2. The van der Waals surface area contributed by atoms with E-state index in [2.05, 4.69) is 32.5 Å². The molecule has 0 bridgehead atoms. The molecule has 13 heteroatoms. The van der Waals surface area contributed by atoms with Crippen molar-refractivity contribution in [2.75, 3.05) is 68.4 Å². The molecule has 0 saturated carbocycles. The Morgan fingerprint density at radius 2 is 1.95 bits per heavy atom. The van der Waals surface area contributed by atoms with Crippen molar-refractivity contribution in [1.82, 2.24) is 14.9 Å². The molecule has 0 aliphatic heterocycles. The molecule has 228 valence electrons. The molecule has 42 heavy (non-hydrogen) atoms. The largest absolute Gasteiger partial charge is 0.430 e. The molecular formula is C29H40F2N7O3P. The Kier molecular flexibility index (Phi) is 10.2. The van der Waals surface area contributed by atoms with Gasteiger partial charge in [-0.2, -0.15) is 13.8 Å². The maximum Gasteiger partial charge on any atom is 0.394 e. The zero-order chi connectivity index (χ0) is 31.3. The smallest absolute Gasteiger partial charge is 0.394 e. The van der Waals surface area contributed by atoms with Crippen LogP contribution in [0.2, 0.25) is 0 Å². The Bertz CT molecular complexity index is 1420. The number of carbonyl (C=O) groups is 1. The zero-order valence-corrected chi connectivity index (χ0v) is 26.1. The highest BCUT2D eigenvalue weighted by Gasteiger charge is 2.29. The standard InChI is InChI=1S/C29H40F2N7O3P/c1-9-26(39)33-21-17-22(24(41-29(3,30)31)18-23(21)38(6)16-15-37(4)5)34-27-32-14-12-25(35-27)36-28(2)13-10-11-20(19-28)42(7,8)40/h9-12,14,17-19H,1,13,15-16H2,2-8H3,(H,33,39)(H2,32,34,35,36). The highest BCUT2D eigenvalue weighted by molar-refractivity contribution is 7.66. The van der Waals surface area contributed by atoms with Crippen LogP contribution >= 0.6 is 7.14 Å². The number of benzene rings is 1. The number of likely N-dealkylation sites (N-methyl/N-ethyl adjacent to an activating group) is 2. The van der Waals surface area contributed by atoms with Crippen LogP contribution in [-0.2, 0) is 9.36 Å². The van der Waals surface area contributed by atoms with E-state index < -0.39 is 24.7 Å². The summed E-state index contributed by atoms with van der Waals surface area (Å²) < 4.78 is 46.0. The van der Waals surface area contributed by atoms with Gasteiger partial charge in [-0.05, 0) is 65.1 Å². The molecule has 0 saturated heterocycles. The van der Waals surface area contributed by atoms with Crippen molar-refractivity contribution in [1.29, 1.82) is 0 Å². The summed E-state index contributed by atoms with van der Waals surface area (Å²) in [6, 6.07) is 4.61. The third-order valence-corrected chi connectivity index (χ3v) is 7.88. The number of rotatable bonds is 13. The van der Waals surface area contributed by atoms with Crippen LogP contribution in [0.15, 0.2) is 60.6 Å². The number of alkyl halides is 2. The van der Waals surface area contributed by atoms with Crippen molar-refractivity contribution >= 4 is 41.9 Å². The molecular weight excluding hydrogens is 563 g/mol. The van der Waals surface area contributed by atoms with Gasteiger partial charge in [0.05, 0.1) is 22.6 Å². The number of allylic oxidation sites excluding steroid dienone is 2. The fourth-order valence-corrected chi connectivity index (χ4v) is 5.26. The Morgan fingerprint density at radius 1 is 1.24 bits per heavy atom. The van der Waals surface area contributed by atoms with Crippen LogP contribution in [0.25, 0.3) is 0 Å². The fraction of sp³-hybridized carbons (Fsp3) is 0.414. The highest BCUT2D eigenvalue weighted by Crippen LogP contribution is 2.49. The lowest BCUT2D eigenvalue weighted by Gasteiger charge is -2.31. The Morgan fingerprint density at radius 3 is 2.57 bits per heavy atom. The molecule has 1 heterocycles. The quantitative estimate of drug-likeness (QED) is 0.188. The summed E-state index contributed by atoms with van der Waals surface area (Å²) in [5.74, 6) is -0.0568. The van der Waals surface area contributed by atoms with E-state index in [0.29, 0.717) is 43.6 Å². The summed E-state index contributed by atoms with van der Waals surface area (Å²) in [5, 5.41) is 9.84. The molecule has 0 radical (unpaired) electrons. The van der Waals surface area contributed by atoms with Crippen LogP contribution in [0.3, 0.4) is 0 Å². The van der Waals surface area contributed by atoms with Gasteiger partial charge < -0.3 is 35.1 Å². The second kappa shape index (κ2) is 13.0. The van der Waals surface area contributed by atoms with Crippen molar-refractivity contribution < 1.29 is 22.9 Å². The van der Waals surface area contributed by atoms with E-state index in [0.717, 1.165) is 11.4 Å². The number of halogens is 2. The summed E-state index contributed by atoms with van der Waals surface area (Å²) in [7, 11) is 3.16. The number of hydrogen-bond acceptors (Lipinski definition) is 9. The summed E-state index contributed by atoms with van der Waals surface area (Å²) in [6.07, 6.45) is 5.58. The molecule has 3 rings (SSSR count). The van der Waals surface area contributed by atoms with Crippen LogP contribution in [0.5, 0.6) is 5.75 Å². The van der Waals surface area contributed by atoms with Gasteiger partial charge in [0.25, 0.3) is 0 Å². The van der Waals surface area contributed by atoms with Gasteiger partial charge in [-0.15, -0.1) is 0 Å². The number of nitrogens with one attached hydrogen (secondary N) is 3. The molecule has 1 amide bonds. The number of aromatic nitrogens is 2. The van der Waals surface area contributed by atoms with E-state index in [-0.39, 0.29) is 17.4 Å². The van der Waals surface area contributed by atoms with Crippen LogP contribution < -0.4 is 25.6 Å². The number of nitrogens with zero attached hydrogens (tertiary/aromatic N) is 4. The van der Waals surface area contributed by atoms with Crippen LogP contribution in [0.4, 0.5) is 37.6 Å². The lowest BCUT2D eigenvalue weighted by Crippen LogP contribution is -2.34. The molecule has 2 aromatic rings. The maximum absolute atomic E-state index is 14.1. The van der Waals surface area contributed by atoms with Gasteiger partial charge in [0.2, 0.25) is 11.9 Å². The van der Waals surface area contributed by atoms with Gasteiger partial charge in [0.15, 0.2) is 5.75 Å². The molecule has 1 atom stereocenters. The minimum Gasteiger partial charge on any atom is -0.430 e.